The summed E-state index contributed by atoms with van der Waals surface area (Å²) in [5, 5.41) is 11.9. The molecule has 0 fully saturated rings. The highest BCUT2D eigenvalue weighted by Crippen LogP contribution is 2.29. The molecule has 132 valence electrons. The molecule has 6 nitrogen and oxygen atoms in total. The number of rotatable bonds is 8. The molecular formula is C19H25N5O. The van der Waals surface area contributed by atoms with E-state index in [9.17, 15) is 4.79 Å². The average molecular weight is 339 g/mol. The van der Waals surface area contributed by atoms with Crippen LogP contribution in [0.2, 0.25) is 0 Å². The standard InChI is InChI=1S/C19H25N5O/c1-13(23(2)3)22-18(7-8-25)14-5-6-19-16(9-14)17(12-24(19)4)15(10-20)11-21/h5-6,8-12,18,20,22H,1,7,21H2,2-4H3/b15-11+,20-10?. The molecule has 2 rings (SSSR count). The van der Waals surface area contributed by atoms with E-state index in [1.807, 2.05) is 55.0 Å². The molecule has 1 unspecified atom stereocenters. The van der Waals surface area contributed by atoms with E-state index in [0.29, 0.717) is 12.0 Å². The molecule has 25 heavy (non-hydrogen) atoms. The van der Waals surface area contributed by atoms with Gasteiger partial charge in [0.15, 0.2) is 0 Å². The largest absolute Gasteiger partial charge is 0.404 e. The number of allylic oxidation sites excluding steroid dienone is 1. The maximum Gasteiger partial charge on any atom is 0.122 e. The summed E-state index contributed by atoms with van der Waals surface area (Å²) in [5.41, 5.74) is 9.23. The van der Waals surface area contributed by atoms with Crippen LogP contribution in [-0.4, -0.2) is 36.1 Å². The Morgan fingerprint density at radius 2 is 2.20 bits per heavy atom. The van der Waals surface area contributed by atoms with Gasteiger partial charge in [-0.05, 0) is 17.7 Å². The summed E-state index contributed by atoms with van der Waals surface area (Å²) in [6.07, 6.45) is 5.88. The smallest absolute Gasteiger partial charge is 0.122 e. The molecule has 0 saturated carbocycles. The van der Waals surface area contributed by atoms with Crippen LogP contribution in [0.15, 0.2) is 43.0 Å². The monoisotopic (exact) mass is 339 g/mol. The number of aromatic nitrogens is 1. The van der Waals surface area contributed by atoms with Crippen LogP contribution in [0, 0.1) is 5.41 Å². The quantitative estimate of drug-likeness (QED) is 0.509. The van der Waals surface area contributed by atoms with Gasteiger partial charge in [-0.1, -0.05) is 12.6 Å². The van der Waals surface area contributed by atoms with Crippen molar-refractivity contribution in [1.82, 2.24) is 14.8 Å². The van der Waals surface area contributed by atoms with E-state index in [2.05, 4.69) is 11.9 Å². The first-order valence-corrected chi connectivity index (χ1v) is 8.01. The van der Waals surface area contributed by atoms with Gasteiger partial charge >= 0.3 is 0 Å². The van der Waals surface area contributed by atoms with E-state index in [-0.39, 0.29) is 6.04 Å². The fourth-order valence-electron chi connectivity index (χ4n) is 2.78. The van der Waals surface area contributed by atoms with E-state index in [4.69, 9.17) is 11.1 Å². The molecule has 1 aromatic carbocycles. The van der Waals surface area contributed by atoms with Crippen LogP contribution in [0.4, 0.5) is 0 Å². The van der Waals surface area contributed by atoms with Crippen molar-refractivity contribution in [2.45, 2.75) is 12.5 Å². The van der Waals surface area contributed by atoms with E-state index in [0.717, 1.165) is 34.1 Å². The van der Waals surface area contributed by atoms with Crippen LogP contribution in [-0.2, 0) is 11.8 Å². The SMILES string of the molecule is C=C(NC(CC=O)c1ccc2c(c1)c(/C(C=N)=C/N)cn2C)N(C)C. The second-order valence-corrected chi connectivity index (χ2v) is 6.14. The molecular weight excluding hydrogens is 314 g/mol. The van der Waals surface area contributed by atoms with Crippen molar-refractivity contribution in [2.24, 2.45) is 12.8 Å². The zero-order valence-electron chi connectivity index (χ0n) is 14.9. The molecule has 0 aliphatic heterocycles. The van der Waals surface area contributed by atoms with Crippen LogP contribution in [0.3, 0.4) is 0 Å². The van der Waals surface area contributed by atoms with Gasteiger partial charge in [-0.15, -0.1) is 0 Å². The fourth-order valence-corrected chi connectivity index (χ4v) is 2.78. The van der Waals surface area contributed by atoms with Crippen molar-refractivity contribution in [3.05, 3.63) is 54.1 Å². The van der Waals surface area contributed by atoms with Crippen LogP contribution < -0.4 is 11.1 Å². The van der Waals surface area contributed by atoms with Crippen molar-refractivity contribution < 1.29 is 4.79 Å². The van der Waals surface area contributed by atoms with Gasteiger partial charge < -0.3 is 30.7 Å². The molecule has 0 aliphatic carbocycles. The predicted molar refractivity (Wildman–Crippen MR) is 103 cm³/mol. The zero-order chi connectivity index (χ0) is 18.6. The number of hydrogen-bond donors (Lipinski definition) is 3. The van der Waals surface area contributed by atoms with Crippen molar-refractivity contribution in [1.29, 1.82) is 5.41 Å². The van der Waals surface area contributed by atoms with Crippen LogP contribution >= 0.6 is 0 Å². The van der Waals surface area contributed by atoms with E-state index in [1.165, 1.54) is 12.4 Å². The number of nitrogens with two attached hydrogens (primary N) is 1. The number of carbonyl (C=O) groups excluding carboxylic acids is 1. The first-order chi connectivity index (χ1) is 11.9. The summed E-state index contributed by atoms with van der Waals surface area (Å²) in [5.74, 6) is 0.738. The number of nitrogens with one attached hydrogen (secondary N) is 2. The van der Waals surface area contributed by atoms with Gasteiger partial charge in [0.25, 0.3) is 0 Å². The normalized spacial score (nSPS) is 12.7. The number of aryl methyl sites for hydroxylation is 1. The number of nitrogens with zero attached hydrogens (tertiary/aromatic N) is 2. The average Bonchev–Trinajstić information content (AvgIpc) is 2.92. The summed E-state index contributed by atoms with van der Waals surface area (Å²) in [4.78, 5) is 13.0. The van der Waals surface area contributed by atoms with Crippen LogP contribution in [0.5, 0.6) is 0 Å². The lowest BCUT2D eigenvalue weighted by Crippen LogP contribution is -2.28. The van der Waals surface area contributed by atoms with Crippen molar-refractivity contribution in [3.8, 4) is 0 Å². The van der Waals surface area contributed by atoms with E-state index < -0.39 is 0 Å². The van der Waals surface area contributed by atoms with Gasteiger partial charge in [0.05, 0.1) is 11.9 Å². The summed E-state index contributed by atoms with van der Waals surface area (Å²) in [6.45, 7) is 3.98. The molecule has 0 radical (unpaired) electrons. The highest BCUT2D eigenvalue weighted by atomic mass is 16.1. The Balaban J connectivity index is 2.53. The second kappa shape index (κ2) is 7.70. The van der Waals surface area contributed by atoms with Crippen molar-refractivity contribution in [3.63, 3.8) is 0 Å². The molecule has 2 aromatic rings. The topological polar surface area (TPSA) is 87.1 Å². The number of aldehydes is 1. The van der Waals surface area contributed by atoms with Gasteiger partial charge in [-0.25, -0.2) is 0 Å². The number of fused-ring (bicyclic) bond motifs is 1. The third kappa shape index (κ3) is 3.74. The summed E-state index contributed by atoms with van der Waals surface area (Å²) in [6, 6.07) is 5.90. The minimum atomic E-state index is -0.171. The molecule has 6 heteroatoms. The molecule has 1 atom stereocenters. The zero-order valence-corrected chi connectivity index (χ0v) is 14.9. The van der Waals surface area contributed by atoms with Gasteiger partial charge in [0.2, 0.25) is 0 Å². The Labute approximate surface area is 148 Å². The second-order valence-electron chi connectivity index (χ2n) is 6.14. The third-order valence-electron chi connectivity index (χ3n) is 4.27. The lowest BCUT2D eigenvalue weighted by atomic mass is 9.99. The highest BCUT2D eigenvalue weighted by molar-refractivity contribution is 6.13. The fraction of sp³-hybridized carbons (Fsp3) is 0.263. The Morgan fingerprint density at radius 1 is 1.48 bits per heavy atom. The van der Waals surface area contributed by atoms with Crippen molar-refractivity contribution >= 4 is 29.0 Å². The Hall–Kier alpha value is -3.02. The first-order valence-electron chi connectivity index (χ1n) is 8.01. The molecule has 1 heterocycles. The number of benzene rings is 1. The molecule has 1 aromatic heterocycles. The molecule has 0 bridgehead atoms. The molecule has 0 amide bonds. The summed E-state index contributed by atoms with van der Waals surface area (Å²) >= 11 is 0. The molecule has 0 saturated heterocycles. The first kappa shape index (κ1) is 18.3. The predicted octanol–water partition coefficient (Wildman–Crippen LogP) is 2.38. The van der Waals surface area contributed by atoms with Crippen LogP contribution in [0.1, 0.15) is 23.6 Å². The Kier molecular flexibility index (Phi) is 5.64. The Bertz CT molecular complexity index is 832. The number of hydrogen-bond acceptors (Lipinski definition) is 5. The summed E-state index contributed by atoms with van der Waals surface area (Å²) < 4.78 is 2.00. The maximum atomic E-state index is 11.1. The minimum absolute atomic E-state index is 0.171. The maximum absolute atomic E-state index is 11.1. The van der Waals surface area contributed by atoms with Crippen LogP contribution in [0.25, 0.3) is 16.5 Å². The van der Waals surface area contributed by atoms with E-state index in [1.54, 1.807) is 0 Å². The van der Waals surface area contributed by atoms with Gasteiger partial charge in [0.1, 0.15) is 6.29 Å². The molecule has 0 spiro atoms. The third-order valence-corrected chi connectivity index (χ3v) is 4.27. The minimum Gasteiger partial charge on any atom is -0.404 e. The lowest BCUT2D eigenvalue weighted by Gasteiger charge is -2.24. The highest BCUT2D eigenvalue weighted by Gasteiger charge is 2.16. The number of carbonyl (C=O) groups is 1. The summed E-state index contributed by atoms with van der Waals surface area (Å²) in [7, 11) is 5.75. The van der Waals surface area contributed by atoms with Crippen molar-refractivity contribution in [2.75, 3.05) is 14.1 Å². The van der Waals surface area contributed by atoms with Gasteiger partial charge in [-0.3, -0.25) is 0 Å². The van der Waals surface area contributed by atoms with E-state index >= 15 is 0 Å². The Morgan fingerprint density at radius 3 is 2.76 bits per heavy atom. The van der Waals surface area contributed by atoms with Gasteiger partial charge in [0, 0.05) is 68.2 Å². The molecule has 4 N–H and O–H groups in total. The van der Waals surface area contributed by atoms with Gasteiger partial charge in [-0.2, -0.15) is 0 Å². The molecule has 0 aliphatic rings. The lowest BCUT2D eigenvalue weighted by molar-refractivity contribution is -0.108.